The van der Waals surface area contributed by atoms with Crippen molar-refractivity contribution in [2.75, 3.05) is 9.80 Å². The van der Waals surface area contributed by atoms with Gasteiger partial charge in [0.15, 0.2) is 0 Å². The maximum Gasteiger partial charge on any atom is 0.0468 e. The lowest BCUT2D eigenvalue weighted by Gasteiger charge is -2.28. The topological polar surface area (TPSA) is 6.48 Å². The third-order valence-corrected chi connectivity index (χ3v) is 14.3. The molecular formula is C65H64N2. The molecule has 2 aliphatic carbocycles. The summed E-state index contributed by atoms with van der Waals surface area (Å²) >= 11 is 0. The average molecular weight is 873 g/mol. The predicted octanol–water partition coefficient (Wildman–Crippen LogP) is 19.6. The van der Waals surface area contributed by atoms with Crippen LogP contribution in [0.25, 0.3) is 43.8 Å². The molecule has 0 saturated heterocycles. The summed E-state index contributed by atoms with van der Waals surface area (Å²) in [5.74, 6) is 1.35. The summed E-state index contributed by atoms with van der Waals surface area (Å²) in [6.07, 6.45) is 11.8. The monoisotopic (exact) mass is 873 g/mol. The summed E-state index contributed by atoms with van der Waals surface area (Å²) < 4.78 is 0. The summed E-state index contributed by atoms with van der Waals surface area (Å²) in [4.78, 5) is 4.89. The number of nitrogens with zero attached hydrogens (tertiary/aromatic N) is 2. The van der Waals surface area contributed by atoms with Crippen LogP contribution in [-0.4, -0.2) is 0 Å². The van der Waals surface area contributed by atoms with Gasteiger partial charge in [0.2, 0.25) is 0 Å². The molecule has 2 saturated carbocycles. The van der Waals surface area contributed by atoms with Crippen LogP contribution in [0.2, 0.25) is 0 Å². The van der Waals surface area contributed by atoms with E-state index in [0.29, 0.717) is 11.8 Å². The molecule has 0 amide bonds. The lowest BCUT2D eigenvalue weighted by atomic mass is 9.85. The molecule has 2 aliphatic rings. The molecule has 0 aromatic heterocycles. The molecular weight excluding hydrogens is 809 g/mol. The molecule has 2 nitrogen and oxygen atoms in total. The van der Waals surface area contributed by atoms with Crippen molar-refractivity contribution in [3.63, 3.8) is 0 Å². The average Bonchev–Trinajstić information content (AvgIpc) is 4.13. The van der Waals surface area contributed by atoms with Crippen LogP contribution in [0.5, 0.6) is 0 Å². The fourth-order valence-corrected chi connectivity index (χ4v) is 10.9. The number of anilines is 6. The van der Waals surface area contributed by atoms with Crippen molar-refractivity contribution in [1.82, 2.24) is 0 Å². The molecule has 0 aliphatic heterocycles. The molecule has 9 aromatic rings. The number of rotatable bonds is 10. The van der Waals surface area contributed by atoms with Crippen LogP contribution in [0.4, 0.5) is 34.1 Å². The Balaban J connectivity index is 0.00000171. The fraction of sp³-hybridized carbons (Fsp3) is 0.231. The van der Waals surface area contributed by atoms with E-state index in [4.69, 9.17) is 0 Å². The van der Waals surface area contributed by atoms with Crippen molar-refractivity contribution >= 4 is 55.7 Å². The van der Waals surface area contributed by atoms with Crippen LogP contribution in [0, 0.1) is 13.8 Å². The van der Waals surface area contributed by atoms with E-state index in [0.717, 1.165) is 22.7 Å². The van der Waals surface area contributed by atoms with Gasteiger partial charge in [0.25, 0.3) is 0 Å². The third-order valence-electron chi connectivity index (χ3n) is 14.3. The Morgan fingerprint density at radius 1 is 0.343 bits per heavy atom. The fourth-order valence-electron chi connectivity index (χ4n) is 10.9. The normalized spacial score (nSPS) is 14.0. The first-order chi connectivity index (χ1) is 33.0. The van der Waals surface area contributed by atoms with Crippen molar-refractivity contribution in [2.24, 2.45) is 0 Å². The van der Waals surface area contributed by atoms with Gasteiger partial charge in [0.05, 0.1) is 0 Å². The SMILES string of the molecule is CCC.Cc1ccc(N(c2ccc(C3CCCC3)cc2)c2ccc3c(-c4ccccc4)c4cc(N(c5ccc(C)cc5)c5ccc(C6CCCC6)cc5)ccc4c(-c4ccccc4)c3c2)cc1. The smallest absolute Gasteiger partial charge is 0.0468 e. The first kappa shape index (κ1) is 44.0. The third kappa shape index (κ3) is 9.15. The second kappa shape index (κ2) is 19.9. The Labute approximate surface area is 399 Å². The minimum absolute atomic E-state index is 0.673. The van der Waals surface area contributed by atoms with Gasteiger partial charge in [-0.1, -0.05) is 178 Å². The Bertz CT molecular complexity index is 2840. The van der Waals surface area contributed by atoms with E-state index in [2.05, 4.69) is 232 Å². The van der Waals surface area contributed by atoms with Gasteiger partial charge in [-0.15, -0.1) is 0 Å². The van der Waals surface area contributed by atoms with Gasteiger partial charge < -0.3 is 9.80 Å². The Kier molecular flexibility index (Phi) is 13.1. The molecule has 67 heavy (non-hydrogen) atoms. The molecule has 11 rings (SSSR count). The molecule has 2 heteroatoms. The first-order valence-electron chi connectivity index (χ1n) is 25.0. The summed E-state index contributed by atoms with van der Waals surface area (Å²) in [6.45, 7) is 8.59. The quantitative estimate of drug-likeness (QED) is 0.126. The van der Waals surface area contributed by atoms with E-state index < -0.39 is 0 Å². The minimum atomic E-state index is 0.673. The van der Waals surface area contributed by atoms with Crippen molar-refractivity contribution in [2.45, 2.75) is 97.3 Å². The molecule has 0 spiro atoms. The van der Waals surface area contributed by atoms with Crippen molar-refractivity contribution in [3.05, 3.63) is 216 Å². The molecule has 0 unspecified atom stereocenters. The molecule has 0 N–H and O–H groups in total. The van der Waals surface area contributed by atoms with Gasteiger partial charge in [-0.05, 0) is 179 Å². The lowest BCUT2D eigenvalue weighted by Crippen LogP contribution is -2.11. The molecule has 2 fully saturated rings. The van der Waals surface area contributed by atoms with Gasteiger partial charge >= 0.3 is 0 Å². The standard InChI is InChI=1S/C62H56N2.C3H8/c1-43-21-29-51(30-22-43)63(53-33-25-47(26-34-53)45-13-9-10-14-45)55-37-39-57-59(41-55)61(49-17-5-3-6-18-49)58-40-38-56(42-60(58)62(57)50-19-7-4-8-20-50)64(52-31-23-44(2)24-32-52)54-35-27-48(28-36-54)46-15-11-12-16-46;1-3-2/h3-8,17-42,45-46H,9-16H2,1-2H3;3H2,1-2H3. The lowest BCUT2D eigenvalue weighted by molar-refractivity contribution is 0.723. The number of fused-ring (bicyclic) bond motifs is 2. The Hall–Kier alpha value is -6.90. The molecule has 0 bridgehead atoms. The zero-order chi connectivity index (χ0) is 45.7. The Morgan fingerprint density at radius 3 is 0.970 bits per heavy atom. The van der Waals surface area contributed by atoms with Gasteiger partial charge in [-0.3, -0.25) is 0 Å². The number of benzene rings is 9. The molecule has 0 heterocycles. The zero-order valence-corrected chi connectivity index (χ0v) is 39.9. The summed E-state index contributed by atoms with van der Waals surface area (Å²) in [6, 6.07) is 73.3. The van der Waals surface area contributed by atoms with E-state index >= 15 is 0 Å². The zero-order valence-electron chi connectivity index (χ0n) is 39.9. The second-order valence-electron chi connectivity index (χ2n) is 19.1. The molecule has 0 radical (unpaired) electrons. The van der Waals surface area contributed by atoms with Gasteiger partial charge in [0.1, 0.15) is 0 Å². The number of aryl methyl sites for hydroxylation is 2. The summed E-state index contributed by atoms with van der Waals surface area (Å²) in [5, 5.41) is 4.95. The predicted molar refractivity (Wildman–Crippen MR) is 290 cm³/mol. The van der Waals surface area contributed by atoms with Crippen molar-refractivity contribution in [3.8, 4) is 22.3 Å². The highest BCUT2D eigenvalue weighted by Crippen LogP contribution is 2.49. The maximum atomic E-state index is 2.45. The van der Waals surface area contributed by atoms with Crippen LogP contribution >= 0.6 is 0 Å². The largest absolute Gasteiger partial charge is 0.310 e. The molecule has 0 atom stereocenters. The van der Waals surface area contributed by atoms with E-state index in [1.165, 1.54) is 135 Å². The van der Waals surface area contributed by atoms with Crippen molar-refractivity contribution in [1.29, 1.82) is 0 Å². The number of hydrogen-bond donors (Lipinski definition) is 0. The highest BCUT2D eigenvalue weighted by atomic mass is 15.1. The van der Waals surface area contributed by atoms with E-state index in [1.54, 1.807) is 0 Å². The second-order valence-corrected chi connectivity index (χ2v) is 19.1. The molecule has 9 aromatic carbocycles. The van der Waals surface area contributed by atoms with Crippen LogP contribution in [0.3, 0.4) is 0 Å². The van der Waals surface area contributed by atoms with Crippen LogP contribution < -0.4 is 9.80 Å². The van der Waals surface area contributed by atoms with E-state index in [1.807, 2.05) is 0 Å². The molecule has 334 valence electrons. The highest BCUT2D eigenvalue weighted by Gasteiger charge is 2.24. The minimum Gasteiger partial charge on any atom is -0.310 e. The van der Waals surface area contributed by atoms with E-state index in [9.17, 15) is 0 Å². The Morgan fingerprint density at radius 2 is 0.642 bits per heavy atom. The maximum absolute atomic E-state index is 2.45. The summed E-state index contributed by atoms with van der Waals surface area (Å²) in [5.41, 5.74) is 17.3. The van der Waals surface area contributed by atoms with Crippen LogP contribution in [-0.2, 0) is 0 Å². The van der Waals surface area contributed by atoms with E-state index in [-0.39, 0.29) is 0 Å². The first-order valence-corrected chi connectivity index (χ1v) is 25.0. The van der Waals surface area contributed by atoms with Gasteiger partial charge in [0, 0.05) is 34.1 Å². The van der Waals surface area contributed by atoms with Gasteiger partial charge in [-0.25, -0.2) is 0 Å². The van der Waals surface area contributed by atoms with Crippen LogP contribution in [0.15, 0.2) is 194 Å². The van der Waals surface area contributed by atoms with Crippen LogP contribution in [0.1, 0.15) is 106 Å². The number of hydrogen-bond acceptors (Lipinski definition) is 2. The van der Waals surface area contributed by atoms with Crippen molar-refractivity contribution < 1.29 is 0 Å². The highest BCUT2D eigenvalue weighted by molar-refractivity contribution is 6.22. The van der Waals surface area contributed by atoms with Gasteiger partial charge in [-0.2, -0.15) is 0 Å². The summed E-state index contributed by atoms with van der Waals surface area (Å²) in [7, 11) is 0.